The Balaban J connectivity index is 1.58. The van der Waals surface area contributed by atoms with Crippen molar-refractivity contribution in [2.24, 2.45) is 0 Å². The number of aromatic nitrogens is 1. The molecule has 2 aliphatic rings. The summed E-state index contributed by atoms with van der Waals surface area (Å²) in [5, 5.41) is 0. The molecule has 2 aliphatic heterocycles. The Labute approximate surface area is 148 Å². The second kappa shape index (κ2) is 5.72. The molecule has 1 spiro atoms. The van der Waals surface area contributed by atoms with Crippen molar-refractivity contribution in [3.8, 4) is 11.6 Å². The van der Waals surface area contributed by atoms with E-state index in [2.05, 4.69) is 20.9 Å². The summed E-state index contributed by atoms with van der Waals surface area (Å²) in [5.41, 5.74) is -0.654. The number of hydrogen-bond donors (Lipinski definition) is 0. The van der Waals surface area contributed by atoms with Crippen LogP contribution in [0.4, 0.5) is 0 Å². The zero-order chi connectivity index (χ0) is 16.8. The Morgan fingerprint density at radius 3 is 2.79 bits per heavy atom. The van der Waals surface area contributed by atoms with E-state index in [1.165, 1.54) is 4.31 Å². The molecule has 8 heteroatoms. The molecule has 4 rings (SSSR count). The Bertz CT molecular complexity index is 872. The highest BCUT2D eigenvalue weighted by Crippen LogP contribution is 2.38. The standard InChI is InChI=1S/C16H15BrN2O4S/c17-12-3-5-13(6-4-12)24(20,21)19-9-7-16(10-19)11-22-15-14(23-16)2-1-8-18-15/h1-6,8H,7,9-11H2. The highest BCUT2D eigenvalue weighted by atomic mass is 79.9. The maximum Gasteiger partial charge on any atom is 0.257 e. The molecule has 0 amide bonds. The van der Waals surface area contributed by atoms with Crippen molar-refractivity contribution >= 4 is 26.0 Å². The third-order valence-electron chi connectivity index (χ3n) is 4.27. The van der Waals surface area contributed by atoms with Crippen LogP contribution in [-0.4, -0.2) is 43.0 Å². The molecule has 0 radical (unpaired) electrons. The van der Waals surface area contributed by atoms with E-state index in [1.807, 2.05) is 0 Å². The van der Waals surface area contributed by atoms with Crippen LogP contribution in [0.2, 0.25) is 0 Å². The van der Waals surface area contributed by atoms with Crippen LogP contribution in [-0.2, 0) is 10.0 Å². The first kappa shape index (κ1) is 15.9. The second-order valence-electron chi connectivity index (χ2n) is 5.92. The molecule has 0 bridgehead atoms. The lowest BCUT2D eigenvalue weighted by atomic mass is 10.0. The maximum absolute atomic E-state index is 12.8. The first-order chi connectivity index (χ1) is 11.5. The van der Waals surface area contributed by atoms with Gasteiger partial charge in [0, 0.05) is 23.6 Å². The van der Waals surface area contributed by atoms with Gasteiger partial charge in [-0.15, -0.1) is 0 Å². The highest BCUT2D eigenvalue weighted by Gasteiger charge is 2.48. The van der Waals surface area contributed by atoms with Gasteiger partial charge in [0.2, 0.25) is 10.0 Å². The first-order valence-electron chi connectivity index (χ1n) is 7.51. The largest absolute Gasteiger partial charge is 0.477 e. The Morgan fingerprint density at radius 2 is 2.00 bits per heavy atom. The van der Waals surface area contributed by atoms with Crippen LogP contribution in [0.1, 0.15) is 6.42 Å². The summed E-state index contributed by atoms with van der Waals surface area (Å²) < 4.78 is 39.7. The zero-order valence-electron chi connectivity index (χ0n) is 12.7. The van der Waals surface area contributed by atoms with Crippen LogP contribution in [0.15, 0.2) is 52.0 Å². The summed E-state index contributed by atoms with van der Waals surface area (Å²) in [4.78, 5) is 4.39. The van der Waals surface area contributed by atoms with Crippen molar-refractivity contribution in [2.45, 2.75) is 16.9 Å². The molecule has 1 fully saturated rings. The van der Waals surface area contributed by atoms with Gasteiger partial charge < -0.3 is 9.47 Å². The van der Waals surface area contributed by atoms with E-state index >= 15 is 0 Å². The van der Waals surface area contributed by atoms with Gasteiger partial charge in [-0.1, -0.05) is 15.9 Å². The number of sulfonamides is 1. The quantitative estimate of drug-likeness (QED) is 0.760. The number of halogens is 1. The van der Waals surface area contributed by atoms with Gasteiger partial charge in [0.25, 0.3) is 5.88 Å². The van der Waals surface area contributed by atoms with E-state index in [0.717, 1.165) is 4.47 Å². The summed E-state index contributed by atoms with van der Waals surface area (Å²) in [7, 11) is -3.55. The molecule has 24 heavy (non-hydrogen) atoms. The fourth-order valence-corrected chi connectivity index (χ4v) is 4.77. The van der Waals surface area contributed by atoms with Crippen LogP contribution < -0.4 is 9.47 Å². The van der Waals surface area contributed by atoms with Crippen LogP contribution in [0.3, 0.4) is 0 Å². The van der Waals surface area contributed by atoms with Crippen molar-refractivity contribution in [3.05, 3.63) is 47.1 Å². The fraction of sp³-hybridized carbons (Fsp3) is 0.312. The lowest BCUT2D eigenvalue weighted by Crippen LogP contribution is -2.48. The van der Waals surface area contributed by atoms with Gasteiger partial charge >= 0.3 is 0 Å². The molecule has 2 aromatic rings. The van der Waals surface area contributed by atoms with Gasteiger partial charge in [-0.2, -0.15) is 4.31 Å². The molecular weight excluding hydrogens is 396 g/mol. The number of rotatable bonds is 2. The van der Waals surface area contributed by atoms with Gasteiger partial charge in [-0.05, 0) is 36.4 Å². The molecule has 0 N–H and O–H groups in total. The minimum absolute atomic E-state index is 0.264. The molecule has 0 saturated carbocycles. The molecule has 0 aliphatic carbocycles. The van der Waals surface area contributed by atoms with Crippen LogP contribution in [0, 0.1) is 0 Å². The fourth-order valence-electron chi connectivity index (χ4n) is 2.99. The summed E-state index contributed by atoms with van der Waals surface area (Å²) in [6, 6.07) is 10.2. The van der Waals surface area contributed by atoms with Crippen molar-refractivity contribution < 1.29 is 17.9 Å². The first-order valence-corrected chi connectivity index (χ1v) is 9.74. The van der Waals surface area contributed by atoms with E-state index < -0.39 is 15.6 Å². The van der Waals surface area contributed by atoms with Crippen molar-refractivity contribution in [1.82, 2.24) is 9.29 Å². The third-order valence-corrected chi connectivity index (χ3v) is 6.66. The molecular formula is C16H15BrN2O4S. The van der Waals surface area contributed by atoms with Crippen LogP contribution in [0.25, 0.3) is 0 Å². The molecule has 1 aromatic carbocycles. The van der Waals surface area contributed by atoms with E-state index in [1.54, 1.807) is 42.6 Å². The Kier molecular flexibility index (Phi) is 3.78. The van der Waals surface area contributed by atoms with Gasteiger partial charge in [-0.25, -0.2) is 13.4 Å². The van der Waals surface area contributed by atoms with Gasteiger partial charge in [-0.3, -0.25) is 0 Å². The van der Waals surface area contributed by atoms with E-state index in [0.29, 0.717) is 31.2 Å². The molecule has 1 unspecified atom stereocenters. The highest BCUT2D eigenvalue weighted by molar-refractivity contribution is 9.10. The smallest absolute Gasteiger partial charge is 0.257 e. The molecule has 1 saturated heterocycles. The monoisotopic (exact) mass is 410 g/mol. The number of pyridine rings is 1. The minimum atomic E-state index is -3.55. The van der Waals surface area contributed by atoms with Crippen LogP contribution >= 0.6 is 15.9 Å². The Hall–Kier alpha value is -1.64. The maximum atomic E-state index is 12.8. The SMILES string of the molecule is O=S(=O)(c1ccc(Br)cc1)N1CCC2(COc3ncccc3O2)C1. The van der Waals surface area contributed by atoms with Crippen molar-refractivity contribution in [3.63, 3.8) is 0 Å². The molecule has 126 valence electrons. The minimum Gasteiger partial charge on any atom is -0.477 e. The topological polar surface area (TPSA) is 68.7 Å². The second-order valence-corrected chi connectivity index (χ2v) is 8.78. The molecule has 1 atom stereocenters. The molecule has 1 aromatic heterocycles. The summed E-state index contributed by atoms with van der Waals surface area (Å²) >= 11 is 3.32. The normalized spacial score (nSPS) is 23.5. The van der Waals surface area contributed by atoms with E-state index in [4.69, 9.17) is 9.47 Å². The lowest BCUT2D eigenvalue weighted by molar-refractivity contribution is 0.000540. The zero-order valence-corrected chi connectivity index (χ0v) is 15.1. The van der Waals surface area contributed by atoms with E-state index in [9.17, 15) is 8.42 Å². The van der Waals surface area contributed by atoms with E-state index in [-0.39, 0.29) is 11.4 Å². The summed E-state index contributed by atoms with van der Waals surface area (Å²) in [6.45, 7) is 0.959. The lowest BCUT2D eigenvalue weighted by Gasteiger charge is -2.34. The number of ether oxygens (including phenoxy) is 2. The van der Waals surface area contributed by atoms with Gasteiger partial charge in [0.05, 0.1) is 11.4 Å². The predicted octanol–water partition coefficient (Wildman–Crippen LogP) is 2.45. The summed E-state index contributed by atoms with van der Waals surface area (Å²) in [6.07, 6.45) is 2.22. The third kappa shape index (κ3) is 2.68. The molecule has 6 nitrogen and oxygen atoms in total. The Morgan fingerprint density at radius 1 is 1.21 bits per heavy atom. The number of hydrogen-bond acceptors (Lipinski definition) is 5. The van der Waals surface area contributed by atoms with Gasteiger partial charge in [0.1, 0.15) is 6.61 Å². The predicted molar refractivity (Wildman–Crippen MR) is 90.6 cm³/mol. The van der Waals surface area contributed by atoms with Crippen LogP contribution in [0.5, 0.6) is 11.6 Å². The average molecular weight is 411 g/mol. The summed E-state index contributed by atoms with van der Waals surface area (Å²) in [5.74, 6) is 1.02. The number of benzene rings is 1. The van der Waals surface area contributed by atoms with Crippen molar-refractivity contribution in [1.29, 1.82) is 0 Å². The molecule has 3 heterocycles. The number of fused-ring (bicyclic) bond motifs is 1. The van der Waals surface area contributed by atoms with Crippen molar-refractivity contribution in [2.75, 3.05) is 19.7 Å². The number of nitrogens with zero attached hydrogens (tertiary/aromatic N) is 2. The average Bonchev–Trinajstić information content (AvgIpc) is 2.99. The van der Waals surface area contributed by atoms with Gasteiger partial charge in [0.15, 0.2) is 11.4 Å².